The summed E-state index contributed by atoms with van der Waals surface area (Å²) in [6.07, 6.45) is 1.75. The molecule has 1 amide bonds. The fourth-order valence-corrected chi connectivity index (χ4v) is 2.72. The van der Waals surface area contributed by atoms with E-state index in [4.69, 9.17) is 10.5 Å². The highest BCUT2D eigenvalue weighted by atomic mass is 32.2. The molecule has 1 aromatic carbocycles. The highest BCUT2D eigenvalue weighted by Gasteiger charge is 2.20. The van der Waals surface area contributed by atoms with Crippen LogP contribution >= 0.6 is 11.8 Å². The fourth-order valence-electron chi connectivity index (χ4n) is 1.91. The molecule has 2 rings (SSSR count). The van der Waals surface area contributed by atoms with Crippen molar-refractivity contribution in [1.82, 2.24) is 14.8 Å². The number of rotatable bonds is 7. The number of methoxy groups -OCH3 is 1. The maximum absolute atomic E-state index is 11.3. The van der Waals surface area contributed by atoms with E-state index in [1.54, 1.807) is 20.1 Å². The van der Waals surface area contributed by atoms with Crippen molar-refractivity contribution in [2.45, 2.75) is 23.9 Å². The Morgan fingerprint density at radius 3 is 2.86 bits per heavy atom. The number of nitrogens with zero attached hydrogens (tertiary/aromatic N) is 3. The van der Waals surface area contributed by atoms with E-state index in [-0.39, 0.29) is 0 Å². The minimum atomic E-state index is -0.392. The zero-order valence-corrected chi connectivity index (χ0v) is 13.3. The lowest BCUT2D eigenvalue weighted by molar-refractivity contribution is -0.117. The second-order valence-electron chi connectivity index (χ2n) is 4.57. The van der Waals surface area contributed by atoms with Crippen LogP contribution in [0.5, 0.6) is 5.75 Å². The van der Waals surface area contributed by atoms with Crippen LogP contribution in [0.4, 0.5) is 0 Å². The number of para-hydroxylation sites is 1. The summed E-state index contributed by atoms with van der Waals surface area (Å²) in [5.41, 5.74) is 6.15. The highest BCUT2D eigenvalue weighted by Crippen LogP contribution is 2.31. The largest absolute Gasteiger partial charge is 0.496 e. The van der Waals surface area contributed by atoms with Crippen LogP contribution in [0.1, 0.15) is 6.92 Å². The van der Waals surface area contributed by atoms with Gasteiger partial charge in [-0.05, 0) is 19.1 Å². The fraction of sp³-hybridized carbons (Fsp3) is 0.267. The molecule has 6 nitrogen and oxygen atoms in total. The number of aromatic nitrogens is 3. The smallest absolute Gasteiger partial charge is 0.230 e. The van der Waals surface area contributed by atoms with Gasteiger partial charge in [0.15, 0.2) is 11.0 Å². The first-order valence-electron chi connectivity index (χ1n) is 6.72. The SMILES string of the molecule is C=CCn1c(S[C@@H](C)C(N)=O)nnc1-c1ccccc1OC. The van der Waals surface area contributed by atoms with E-state index in [0.29, 0.717) is 23.3 Å². The summed E-state index contributed by atoms with van der Waals surface area (Å²) >= 11 is 1.27. The average Bonchev–Trinajstić information content (AvgIpc) is 2.90. The van der Waals surface area contributed by atoms with Gasteiger partial charge >= 0.3 is 0 Å². The third-order valence-corrected chi connectivity index (χ3v) is 4.16. The number of amides is 1. The summed E-state index contributed by atoms with van der Waals surface area (Å²) in [5, 5.41) is 8.64. The first kappa shape index (κ1) is 16.1. The lowest BCUT2D eigenvalue weighted by Gasteiger charge is -2.11. The predicted molar refractivity (Wildman–Crippen MR) is 86.7 cm³/mol. The summed E-state index contributed by atoms with van der Waals surface area (Å²) in [6.45, 7) is 6.02. The molecule has 1 atom stereocenters. The Labute approximate surface area is 133 Å². The Kier molecular flexibility index (Phi) is 5.21. The van der Waals surface area contributed by atoms with Gasteiger partial charge in [-0.15, -0.1) is 16.8 Å². The topological polar surface area (TPSA) is 83.0 Å². The van der Waals surface area contributed by atoms with Gasteiger partial charge in [-0.3, -0.25) is 9.36 Å². The zero-order valence-electron chi connectivity index (χ0n) is 12.5. The van der Waals surface area contributed by atoms with E-state index in [1.807, 2.05) is 28.8 Å². The molecule has 2 N–H and O–H groups in total. The van der Waals surface area contributed by atoms with Gasteiger partial charge in [0.25, 0.3) is 0 Å². The third kappa shape index (κ3) is 3.30. The molecule has 7 heteroatoms. The number of hydrogen-bond acceptors (Lipinski definition) is 5. The van der Waals surface area contributed by atoms with Gasteiger partial charge in [-0.1, -0.05) is 30.0 Å². The van der Waals surface area contributed by atoms with Gasteiger partial charge in [0.2, 0.25) is 5.91 Å². The molecular formula is C15H18N4O2S. The molecule has 0 aliphatic rings. The number of primary amides is 1. The van der Waals surface area contributed by atoms with Crippen LogP contribution in [0.25, 0.3) is 11.4 Å². The van der Waals surface area contributed by atoms with Crippen LogP contribution in [0.15, 0.2) is 42.1 Å². The van der Waals surface area contributed by atoms with Gasteiger partial charge in [0.1, 0.15) is 5.75 Å². The number of hydrogen-bond donors (Lipinski definition) is 1. The first-order chi connectivity index (χ1) is 10.6. The lowest BCUT2D eigenvalue weighted by Crippen LogP contribution is -2.23. The van der Waals surface area contributed by atoms with Crippen molar-refractivity contribution < 1.29 is 9.53 Å². The van der Waals surface area contributed by atoms with Crippen LogP contribution in [0, 0.1) is 0 Å². The monoisotopic (exact) mass is 318 g/mol. The van der Waals surface area contributed by atoms with Gasteiger partial charge in [0, 0.05) is 6.54 Å². The molecule has 0 saturated carbocycles. The van der Waals surface area contributed by atoms with E-state index in [9.17, 15) is 4.79 Å². The van der Waals surface area contributed by atoms with Gasteiger partial charge < -0.3 is 10.5 Å². The molecule has 0 bridgehead atoms. The van der Waals surface area contributed by atoms with E-state index in [0.717, 1.165) is 5.56 Å². The summed E-state index contributed by atoms with van der Waals surface area (Å²) in [5.74, 6) is 0.980. The first-order valence-corrected chi connectivity index (χ1v) is 7.60. The third-order valence-electron chi connectivity index (χ3n) is 3.06. The number of thioether (sulfide) groups is 1. The molecule has 0 unspecified atom stereocenters. The average molecular weight is 318 g/mol. The number of nitrogens with two attached hydrogens (primary N) is 1. The maximum Gasteiger partial charge on any atom is 0.230 e. The zero-order chi connectivity index (χ0) is 16.1. The molecule has 116 valence electrons. The summed E-state index contributed by atoms with van der Waals surface area (Å²) in [4.78, 5) is 11.3. The molecule has 22 heavy (non-hydrogen) atoms. The van der Waals surface area contributed by atoms with Crippen LogP contribution in [-0.2, 0) is 11.3 Å². The van der Waals surface area contributed by atoms with Gasteiger partial charge in [0.05, 0.1) is 17.9 Å². The van der Waals surface area contributed by atoms with Crippen molar-refractivity contribution in [3.05, 3.63) is 36.9 Å². The highest BCUT2D eigenvalue weighted by molar-refractivity contribution is 8.00. The minimum Gasteiger partial charge on any atom is -0.496 e. The molecule has 1 heterocycles. The molecule has 0 aliphatic heterocycles. The van der Waals surface area contributed by atoms with Crippen LogP contribution in [-0.4, -0.2) is 33.0 Å². The Morgan fingerprint density at radius 1 is 1.50 bits per heavy atom. The standard InChI is InChI=1S/C15H18N4O2S/c1-4-9-19-14(11-7-5-6-8-12(11)21-3)17-18-15(19)22-10(2)13(16)20/h4-8,10H,1,9H2,2-3H3,(H2,16,20)/t10-/m0/s1. The summed E-state index contributed by atoms with van der Waals surface area (Å²) in [7, 11) is 1.61. The maximum atomic E-state index is 11.3. The van der Waals surface area contributed by atoms with Crippen molar-refractivity contribution in [2.24, 2.45) is 5.73 Å². The number of allylic oxidation sites excluding steroid dienone is 1. The lowest BCUT2D eigenvalue weighted by atomic mass is 10.2. The molecule has 0 saturated heterocycles. The molecule has 0 aliphatic carbocycles. The molecule has 1 aromatic heterocycles. The van der Waals surface area contributed by atoms with E-state index in [1.165, 1.54) is 11.8 Å². The number of benzene rings is 1. The molecular weight excluding hydrogens is 300 g/mol. The predicted octanol–water partition coefficient (Wildman–Crippen LogP) is 2.11. The van der Waals surface area contributed by atoms with Crippen LogP contribution in [0.3, 0.4) is 0 Å². The van der Waals surface area contributed by atoms with Gasteiger partial charge in [-0.2, -0.15) is 0 Å². The minimum absolute atomic E-state index is 0.390. The van der Waals surface area contributed by atoms with E-state index in [2.05, 4.69) is 16.8 Å². The second-order valence-corrected chi connectivity index (χ2v) is 5.88. The van der Waals surface area contributed by atoms with E-state index >= 15 is 0 Å². The Balaban J connectivity index is 2.46. The van der Waals surface area contributed by atoms with Crippen LogP contribution in [0.2, 0.25) is 0 Å². The normalized spacial score (nSPS) is 11.9. The number of ether oxygens (including phenoxy) is 1. The molecule has 0 radical (unpaired) electrons. The summed E-state index contributed by atoms with van der Waals surface area (Å²) < 4.78 is 7.26. The molecule has 0 fully saturated rings. The number of carbonyl (C=O) groups is 1. The second kappa shape index (κ2) is 7.13. The van der Waals surface area contributed by atoms with Crippen molar-refractivity contribution in [3.63, 3.8) is 0 Å². The van der Waals surface area contributed by atoms with Crippen molar-refractivity contribution >= 4 is 17.7 Å². The van der Waals surface area contributed by atoms with Crippen molar-refractivity contribution in [2.75, 3.05) is 7.11 Å². The van der Waals surface area contributed by atoms with E-state index < -0.39 is 11.2 Å². The Hall–Kier alpha value is -2.28. The number of carbonyl (C=O) groups excluding carboxylic acids is 1. The Bertz CT molecular complexity index is 684. The van der Waals surface area contributed by atoms with Crippen LogP contribution < -0.4 is 10.5 Å². The van der Waals surface area contributed by atoms with Gasteiger partial charge in [-0.25, -0.2) is 0 Å². The molecule has 0 spiro atoms. The summed E-state index contributed by atoms with van der Waals surface area (Å²) in [6, 6.07) is 7.57. The van der Waals surface area contributed by atoms with Crippen molar-refractivity contribution in [1.29, 1.82) is 0 Å². The Morgan fingerprint density at radius 2 is 2.23 bits per heavy atom. The van der Waals surface area contributed by atoms with Crippen molar-refractivity contribution in [3.8, 4) is 17.1 Å². The molecule has 2 aromatic rings. The quantitative estimate of drug-likeness (QED) is 0.624.